The fraction of sp³-hybridized carbons (Fsp3) is 0.250. The van der Waals surface area contributed by atoms with Crippen LogP contribution in [0.1, 0.15) is 29.3 Å². The van der Waals surface area contributed by atoms with Gasteiger partial charge in [-0.3, -0.25) is 9.78 Å². The van der Waals surface area contributed by atoms with Gasteiger partial charge in [0.1, 0.15) is 5.82 Å². The van der Waals surface area contributed by atoms with Crippen molar-refractivity contribution in [2.24, 2.45) is 0 Å². The molecule has 1 atom stereocenters. The minimum Gasteiger partial charge on any atom is -0.449 e. The highest BCUT2D eigenvalue weighted by atomic mass is 16.5. The van der Waals surface area contributed by atoms with Crippen LogP contribution in [0, 0.1) is 6.92 Å². The first-order valence-corrected chi connectivity index (χ1v) is 6.95. The minimum atomic E-state index is -0.873. The summed E-state index contributed by atoms with van der Waals surface area (Å²) in [5, 5.41) is 2.68. The topological polar surface area (TPSA) is 81.2 Å². The molecule has 0 saturated carbocycles. The van der Waals surface area contributed by atoms with E-state index in [1.807, 2.05) is 13.0 Å². The van der Waals surface area contributed by atoms with E-state index in [9.17, 15) is 9.59 Å². The number of esters is 1. The Bertz CT molecular complexity index is 659. The summed E-state index contributed by atoms with van der Waals surface area (Å²) in [6.45, 7) is 3.61. The van der Waals surface area contributed by atoms with Crippen molar-refractivity contribution in [3.8, 4) is 0 Å². The molecule has 2 heterocycles. The average Bonchev–Trinajstić information content (AvgIpc) is 2.55. The van der Waals surface area contributed by atoms with Crippen molar-refractivity contribution < 1.29 is 14.3 Å². The van der Waals surface area contributed by atoms with Crippen LogP contribution in [-0.4, -0.2) is 27.9 Å². The molecule has 2 aromatic heterocycles. The number of anilines is 1. The fourth-order valence-electron chi connectivity index (χ4n) is 1.82. The molecule has 1 unspecified atom stereocenters. The van der Waals surface area contributed by atoms with E-state index in [4.69, 9.17) is 4.74 Å². The third-order valence-electron chi connectivity index (χ3n) is 3.08. The average molecular weight is 299 g/mol. The first-order valence-electron chi connectivity index (χ1n) is 6.95. The van der Waals surface area contributed by atoms with Gasteiger partial charge in [0, 0.05) is 18.6 Å². The number of nitrogens with one attached hydrogen (secondary N) is 1. The van der Waals surface area contributed by atoms with Crippen LogP contribution in [0.5, 0.6) is 0 Å². The standard InChI is InChI=1S/C16H17N3O3/c1-3-13(22-16(21)12-6-9-17-10-7-12)15(20)19-14-11(2)5-4-8-18-14/h4-10,13H,3H2,1-2H3,(H,18,19,20). The molecule has 6 heteroatoms. The molecule has 114 valence electrons. The number of aryl methyl sites for hydroxylation is 1. The summed E-state index contributed by atoms with van der Waals surface area (Å²) in [6.07, 6.45) is 4.08. The van der Waals surface area contributed by atoms with Crippen molar-refractivity contribution in [1.82, 2.24) is 9.97 Å². The molecular weight excluding hydrogens is 282 g/mol. The van der Waals surface area contributed by atoms with Gasteiger partial charge in [-0.25, -0.2) is 9.78 Å². The summed E-state index contributed by atoms with van der Waals surface area (Å²) in [5.74, 6) is -0.486. The van der Waals surface area contributed by atoms with Crippen LogP contribution in [0.3, 0.4) is 0 Å². The fourth-order valence-corrected chi connectivity index (χ4v) is 1.82. The molecule has 0 aromatic carbocycles. The van der Waals surface area contributed by atoms with Gasteiger partial charge >= 0.3 is 5.97 Å². The number of hydrogen-bond donors (Lipinski definition) is 1. The number of amides is 1. The SMILES string of the molecule is CCC(OC(=O)c1ccncc1)C(=O)Nc1ncccc1C. The molecule has 0 radical (unpaired) electrons. The highest BCUT2D eigenvalue weighted by molar-refractivity contribution is 5.97. The highest BCUT2D eigenvalue weighted by Crippen LogP contribution is 2.12. The van der Waals surface area contributed by atoms with Gasteiger partial charge in [0.2, 0.25) is 0 Å². The van der Waals surface area contributed by atoms with E-state index < -0.39 is 18.0 Å². The zero-order chi connectivity index (χ0) is 15.9. The molecule has 2 aromatic rings. The monoisotopic (exact) mass is 299 g/mol. The summed E-state index contributed by atoms with van der Waals surface area (Å²) in [6, 6.07) is 6.70. The van der Waals surface area contributed by atoms with Gasteiger partial charge in [-0.1, -0.05) is 13.0 Å². The summed E-state index contributed by atoms with van der Waals surface area (Å²) in [7, 11) is 0. The summed E-state index contributed by atoms with van der Waals surface area (Å²) in [4.78, 5) is 32.1. The van der Waals surface area contributed by atoms with Crippen LogP contribution in [0.4, 0.5) is 5.82 Å². The van der Waals surface area contributed by atoms with E-state index in [2.05, 4.69) is 15.3 Å². The maximum absolute atomic E-state index is 12.2. The molecule has 22 heavy (non-hydrogen) atoms. The Morgan fingerprint density at radius 2 is 1.95 bits per heavy atom. The zero-order valence-electron chi connectivity index (χ0n) is 12.4. The van der Waals surface area contributed by atoms with E-state index in [1.54, 1.807) is 19.2 Å². The van der Waals surface area contributed by atoms with Crippen molar-refractivity contribution in [3.63, 3.8) is 0 Å². The number of carbonyl (C=O) groups is 2. The third kappa shape index (κ3) is 3.88. The first-order chi connectivity index (χ1) is 10.6. The molecule has 2 rings (SSSR count). The Morgan fingerprint density at radius 1 is 1.23 bits per heavy atom. The van der Waals surface area contributed by atoms with Crippen molar-refractivity contribution in [1.29, 1.82) is 0 Å². The number of carbonyl (C=O) groups excluding carboxylic acids is 2. The molecule has 0 aliphatic heterocycles. The van der Waals surface area contributed by atoms with Crippen molar-refractivity contribution >= 4 is 17.7 Å². The second kappa shape index (κ2) is 7.31. The quantitative estimate of drug-likeness (QED) is 0.857. The molecule has 0 aliphatic rings. The normalized spacial score (nSPS) is 11.5. The van der Waals surface area contributed by atoms with Gasteiger partial charge in [-0.15, -0.1) is 0 Å². The van der Waals surface area contributed by atoms with E-state index in [1.165, 1.54) is 24.5 Å². The Balaban J connectivity index is 2.03. The summed E-state index contributed by atoms with van der Waals surface area (Å²) < 4.78 is 5.25. The molecule has 6 nitrogen and oxygen atoms in total. The Morgan fingerprint density at radius 3 is 2.59 bits per heavy atom. The van der Waals surface area contributed by atoms with Gasteiger partial charge < -0.3 is 10.1 Å². The zero-order valence-corrected chi connectivity index (χ0v) is 12.4. The lowest BCUT2D eigenvalue weighted by molar-refractivity contribution is -0.124. The lowest BCUT2D eigenvalue weighted by atomic mass is 10.2. The number of nitrogens with zero attached hydrogens (tertiary/aromatic N) is 2. The molecular formula is C16H17N3O3. The summed E-state index contributed by atoms with van der Waals surface area (Å²) in [5.41, 5.74) is 1.20. The third-order valence-corrected chi connectivity index (χ3v) is 3.08. The van der Waals surface area contributed by atoms with Crippen LogP contribution in [0.15, 0.2) is 42.9 Å². The number of ether oxygens (including phenoxy) is 1. The van der Waals surface area contributed by atoms with Crippen LogP contribution in [0.2, 0.25) is 0 Å². The second-order valence-corrected chi connectivity index (χ2v) is 4.70. The lowest BCUT2D eigenvalue weighted by Crippen LogP contribution is -2.32. The number of pyridine rings is 2. The maximum Gasteiger partial charge on any atom is 0.339 e. The lowest BCUT2D eigenvalue weighted by Gasteiger charge is -2.16. The summed E-state index contributed by atoms with van der Waals surface area (Å²) >= 11 is 0. The maximum atomic E-state index is 12.2. The highest BCUT2D eigenvalue weighted by Gasteiger charge is 2.22. The van der Waals surface area contributed by atoms with Crippen molar-refractivity contribution in [2.75, 3.05) is 5.32 Å². The Labute approximate surface area is 128 Å². The molecule has 0 spiro atoms. The molecule has 0 saturated heterocycles. The van der Waals surface area contributed by atoms with E-state index in [0.29, 0.717) is 17.8 Å². The van der Waals surface area contributed by atoms with E-state index in [-0.39, 0.29) is 0 Å². The predicted octanol–water partition coefficient (Wildman–Crippen LogP) is 2.36. The Hall–Kier alpha value is -2.76. The number of hydrogen-bond acceptors (Lipinski definition) is 5. The minimum absolute atomic E-state index is 0.357. The second-order valence-electron chi connectivity index (χ2n) is 4.70. The van der Waals surface area contributed by atoms with E-state index >= 15 is 0 Å². The van der Waals surface area contributed by atoms with Crippen molar-refractivity contribution in [3.05, 3.63) is 54.0 Å². The smallest absolute Gasteiger partial charge is 0.339 e. The van der Waals surface area contributed by atoms with Crippen LogP contribution < -0.4 is 5.32 Å². The van der Waals surface area contributed by atoms with Gasteiger partial charge in [-0.05, 0) is 37.1 Å². The Kier molecular flexibility index (Phi) is 5.19. The molecule has 1 N–H and O–H groups in total. The van der Waals surface area contributed by atoms with Crippen molar-refractivity contribution in [2.45, 2.75) is 26.4 Å². The van der Waals surface area contributed by atoms with Crippen LogP contribution in [-0.2, 0) is 9.53 Å². The van der Waals surface area contributed by atoms with Crippen LogP contribution in [0.25, 0.3) is 0 Å². The van der Waals surface area contributed by atoms with Gasteiger partial charge in [-0.2, -0.15) is 0 Å². The van der Waals surface area contributed by atoms with Gasteiger partial charge in [0.25, 0.3) is 5.91 Å². The molecule has 0 fully saturated rings. The number of rotatable bonds is 5. The first kappa shape index (κ1) is 15.6. The molecule has 0 bridgehead atoms. The van der Waals surface area contributed by atoms with E-state index in [0.717, 1.165) is 5.56 Å². The van der Waals surface area contributed by atoms with Gasteiger partial charge in [0.15, 0.2) is 6.10 Å². The molecule has 1 amide bonds. The van der Waals surface area contributed by atoms with Gasteiger partial charge in [0.05, 0.1) is 5.56 Å². The largest absolute Gasteiger partial charge is 0.449 e. The molecule has 0 aliphatic carbocycles. The predicted molar refractivity (Wildman–Crippen MR) is 81.3 cm³/mol. The number of aromatic nitrogens is 2. The van der Waals surface area contributed by atoms with Crippen LogP contribution >= 0.6 is 0 Å².